The van der Waals surface area contributed by atoms with Crippen molar-refractivity contribution in [1.29, 1.82) is 0 Å². The van der Waals surface area contributed by atoms with Crippen molar-refractivity contribution >= 4 is 9.84 Å². The molecule has 0 atom stereocenters. The molecule has 0 amide bonds. The maximum atomic E-state index is 11.0. The predicted molar refractivity (Wildman–Crippen MR) is 51.3 cm³/mol. The lowest BCUT2D eigenvalue weighted by Crippen LogP contribution is -2.42. The van der Waals surface area contributed by atoms with Gasteiger partial charge in [-0.2, -0.15) is 0 Å². The van der Waals surface area contributed by atoms with Gasteiger partial charge >= 0.3 is 0 Å². The Morgan fingerprint density at radius 2 is 2.08 bits per heavy atom. The summed E-state index contributed by atoms with van der Waals surface area (Å²) in [6.07, 6.45) is 1.93. The fraction of sp³-hybridized carbons (Fsp3) is 1.00. The second kappa shape index (κ2) is 4.39. The molecule has 0 aromatic heterocycles. The van der Waals surface area contributed by atoms with E-state index in [4.69, 9.17) is 10.5 Å². The summed E-state index contributed by atoms with van der Waals surface area (Å²) in [5.74, 6) is 0.329. The van der Waals surface area contributed by atoms with E-state index >= 15 is 0 Å². The van der Waals surface area contributed by atoms with E-state index in [2.05, 4.69) is 0 Å². The Bertz CT molecular complexity index is 244. The van der Waals surface area contributed by atoms with Crippen LogP contribution in [-0.4, -0.2) is 38.7 Å². The van der Waals surface area contributed by atoms with Gasteiger partial charge in [-0.15, -0.1) is 0 Å². The summed E-state index contributed by atoms with van der Waals surface area (Å²) in [5, 5.41) is 0. The summed E-state index contributed by atoms with van der Waals surface area (Å²) >= 11 is 0. The van der Waals surface area contributed by atoms with Crippen molar-refractivity contribution in [3.05, 3.63) is 0 Å². The standard InChI is InChI=1S/C8H17NO3S/c1-2-13(10,11)4-3-12-8-5-7(9)6-8/h7-8H,2-6,9H2,1H3. The van der Waals surface area contributed by atoms with Crippen molar-refractivity contribution < 1.29 is 13.2 Å². The van der Waals surface area contributed by atoms with Crippen LogP contribution in [0.15, 0.2) is 0 Å². The zero-order valence-corrected chi connectivity index (χ0v) is 8.72. The molecule has 0 aromatic carbocycles. The van der Waals surface area contributed by atoms with Gasteiger partial charge in [0.2, 0.25) is 0 Å². The third kappa shape index (κ3) is 3.62. The zero-order valence-electron chi connectivity index (χ0n) is 7.90. The van der Waals surface area contributed by atoms with Crippen molar-refractivity contribution in [3.63, 3.8) is 0 Å². The third-order valence-corrected chi connectivity index (χ3v) is 3.99. The molecule has 4 nitrogen and oxygen atoms in total. The summed E-state index contributed by atoms with van der Waals surface area (Å²) in [6.45, 7) is 1.96. The van der Waals surface area contributed by atoms with Crippen LogP contribution in [0.4, 0.5) is 0 Å². The molecule has 1 saturated carbocycles. The minimum atomic E-state index is -2.87. The van der Waals surface area contributed by atoms with Gasteiger partial charge in [-0.05, 0) is 12.8 Å². The first-order valence-electron chi connectivity index (χ1n) is 4.61. The molecule has 0 saturated heterocycles. The first-order chi connectivity index (χ1) is 6.03. The third-order valence-electron chi connectivity index (χ3n) is 2.32. The van der Waals surface area contributed by atoms with Gasteiger partial charge in [0, 0.05) is 11.8 Å². The number of rotatable bonds is 5. The van der Waals surface area contributed by atoms with Crippen molar-refractivity contribution in [1.82, 2.24) is 0 Å². The highest BCUT2D eigenvalue weighted by molar-refractivity contribution is 7.91. The van der Waals surface area contributed by atoms with Crippen LogP contribution in [0.2, 0.25) is 0 Å². The van der Waals surface area contributed by atoms with Gasteiger partial charge in [-0.25, -0.2) is 8.42 Å². The second-order valence-corrected chi connectivity index (χ2v) is 5.93. The zero-order chi connectivity index (χ0) is 9.90. The first kappa shape index (κ1) is 10.9. The molecule has 1 aliphatic rings. The number of sulfone groups is 1. The van der Waals surface area contributed by atoms with E-state index in [1.807, 2.05) is 0 Å². The average Bonchev–Trinajstić information content (AvgIpc) is 2.01. The molecule has 5 heteroatoms. The SMILES string of the molecule is CCS(=O)(=O)CCOC1CC(N)C1. The number of ether oxygens (including phenoxy) is 1. The Morgan fingerprint density at radius 3 is 2.54 bits per heavy atom. The highest BCUT2D eigenvalue weighted by Gasteiger charge is 2.26. The van der Waals surface area contributed by atoms with Gasteiger partial charge in [0.1, 0.15) is 0 Å². The largest absolute Gasteiger partial charge is 0.377 e. The molecule has 0 aromatic rings. The average molecular weight is 207 g/mol. The molecule has 78 valence electrons. The van der Waals surface area contributed by atoms with E-state index in [0.29, 0.717) is 6.61 Å². The predicted octanol–water partition coefficient (Wildman–Crippen LogP) is -0.0726. The fourth-order valence-electron chi connectivity index (χ4n) is 1.23. The molecule has 0 bridgehead atoms. The van der Waals surface area contributed by atoms with Gasteiger partial charge in [0.25, 0.3) is 0 Å². The number of hydrogen-bond acceptors (Lipinski definition) is 4. The van der Waals surface area contributed by atoms with Crippen LogP contribution in [0.3, 0.4) is 0 Å². The summed E-state index contributed by atoms with van der Waals surface area (Å²) in [5.41, 5.74) is 5.55. The van der Waals surface area contributed by atoms with Crippen LogP contribution in [0.1, 0.15) is 19.8 Å². The monoisotopic (exact) mass is 207 g/mol. The van der Waals surface area contributed by atoms with Crippen LogP contribution >= 0.6 is 0 Å². The molecule has 0 spiro atoms. The Morgan fingerprint density at radius 1 is 1.46 bits per heavy atom. The maximum absolute atomic E-state index is 11.0. The fourth-order valence-corrected chi connectivity index (χ4v) is 1.87. The van der Waals surface area contributed by atoms with Crippen molar-refractivity contribution in [3.8, 4) is 0 Å². The lowest BCUT2D eigenvalue weighted by molar-refractivity contribution is -0.000247. The van der Waals surface area contributed by atoms with Gasteiger partial charge in [0.05, 0.1) is 18.5 Å². The first-order valence-corrected chi connectivity index (χ1v) is 6.43. The molecule has 2 N–H and O–H groups in total. The van der Waals surface area contributed by atoms with E-state index in [9.17, 15) is 8.42 Å². The summed E-state index contributed by atoms with van der Waals surface area (Å²) in [4.78, 5) is 0. The summed E-state index contributed by atoms with van der Waals surface area (Å²) in [7, 11) is -2.87. The lowest BCUT2D eigenvalue weighted by atomic mass is 9.90. The molecule has 0 radical (unpaired) electrons. The van der Waals surface area contributed by atoms with Crippen LogP contribution < -0.4 is 5.73 Å². The highest BCUT2D eigenvalue weighted by Crippen LogP contribution is 2.20. The van der Waals surface area contributed by atoms with Gasteiger partial charge < -0.3 is 10.5 Å². The van der Waals surface area contributed by atoms with E-state index in [-0.39, 0.29) is 23.7 Å². The minimum absolute atomic E-state index is 0.134. The lowest BCUT2D eigenvalue weighted by Gasteiger charge is -2.32. The highest BCUT2D eigenvalue weighted by atomic mass is 32.2. The van der Waals surface area contributed by atoms with Crippen LogP contribution in [-0.2, 0) is 14.6 Å². The molecule has 13 heavy (non-hydrogen) atoms. The Hall–Kier alpha value is -0.130. The quantitative estimate of drug-likeness (QED) is 0.685. The summed E-state index contributed by atoms with van der Waals surface area (Å²) < 4.78 is 27.4. The van der Waals surface area contributed by atoms with Crippen LogP contribution in [0.25, 0.3) is 0 Å². The van der Waals surface area contributed by atoms with E-state index in [1.165, 1.54) is 0 Å². The van der Waals surface area contributed by atoms with Crippen molar-refractivity contribution in [2.45, 2.75) is 31.9 Å². The Labute approximate surface area is 79.4 Å². The second-order valence-electron chi connectivity index (χ2n) is 3.46. The minimum Gasteiger partial charge on any atom is -0.377 e. The maximum Gasteiger partial charge on any atom is 0.152 e. The summed E-state index contributed by atoms with van der Waals surface area (Å²) in [6, 6.07) is 0.257. The smallest absolute Gasteiger partial charge is 0.152 e. The molecular formula is C8H17NO3S. The molecular weight excluding hydrogens is 190 g/mol. The van der Waals surface area contributed by atoms with E-state index in [0.717, 1.165) is 12.8 Å². The van der Waals surface area contributed by atoms with Crippen LogP contribution in [0.5, 0.6) is 0 Å². The molecule has 0 heterocycles. The van der Waals surface area contributed by atoms with Gasteiger partial charge in [0.15, 0.2) is 9.84 Å². The Kier molecular flexibility index (Phi) is 3.70. The molecule has 1 aliphatic carbocycles. The molecule has 0 aliphatic heterocycles. The van der Waals surface area contributed by atoms with Crippen molar-refractivity contribution in [2.75, 3.05) is 18.1 Å². The Balaban J connectivity index is 2.08. The number of nitrogens with two attached hydrogens (primary N) is 1. The normalized spacial score (nSPS) is 28.5. The van der Waals surface area contributed by atoms with E-state index < -0.39 is 9.84 Å². The molecule has 0 unspecified atom stereocenters. The van der Waals surface area contributed by atoms with Gasteiger partial charge in [-0.3, -0.25) is 0 Å². The van der Waals surface area contributed by atoms with E-state index in [1.54, 1.807) is 6.92 Å². The van der Waals surface area contributed by atoms with Gasteiger partial charge in [-0.1, -0.05) is 6.92 Å². The molecule has 1 rings (SSSR count). The molecule has 1 fully saturated rings. The van der Waals surface area contributed by atoms with Crippen LogP contribution in [0, 0.1) is 0 Å². The topological polar surface area (TPSA) is 69.4 Å². The van der Waals surface area contributed by atoms with Crippen molar-refractivity contribution in [2.24, 2.45) is 5.73 Å². The number of hydrogen-bond donors (Lipinski definition) is 1.